The molecule has 0 radical (unpaired) electrons. The van der Waals surface area contributed by atoms with Gasteiger partial charge in [-0.1, -0.05) is 48.5 Å². The Hall–Kier alpha value is -3.51. The Bertz CT molecular complexity index is 1580. The van der Waals surface area contributed by atoms with Crippen LogP contribution in [0.2, 0.25) is 0 Å². The molecule has 0 saturated carbocycles. The second kappa shape index (κ2) is 10.6. The van der Waals surface area contributed by atoms with Gasteiger partial charge in [-0.3, -0.25) is 14.1 Å². The van der Waals surface area contributed by atoms with E-state index in [1.54, 1.807) is 48.5 Å². The minimum atomic E-state index is -4.29. The molecular formula is C24H21ClN2O7S2. The Morgan fingerprint density at radius 3 is 1.36 bits per heavy atom. The van der Waals surface area contributed by atoms with Gasteiger partial charge in [0.05, 0.1) is 4.90 Å². The Kier molecular flexibility index (Phi) is 7.99. The number of rotatable bonds is 4. The molecule has 0 spiro atoms. The summed E-state index contributed by atoms with van der Waals surface area (Å²) in [5.74, 6) is -0.471. The maximum atomic E-state index is 11.5. The molecule has 0 aliphatic rings. The fourth-order valence-corrected chi connectivity index (χ4v) is 5.35. The molecule has 0 unspecified atom stereocenters. The number of anilines is 2. The molecule has 0 fully saturated rings. The molecule has 0 aliphatic heterocycles. The summed E-state index contributed by atoms with van der Waals surface area (Å²) in [6.45, 7) is 2.76. The lowest BCUT2D eigenvalue weighted by Gasteiger charge is -2.09. The van der Waals surface area contributed by atoms with Crippen LogP contribution in [-0.2, 0) is 28.8 Å². The van der Waals surface area contributed by atoms with Crippen molar-refractivity contribution in [2.24, 2.45) is 0 Å². The van der Waals surface area contributed by atoms with Crippen LogP contribution in [0.5, 0.6) is 0 Å². The second-order valence-electron chi connectivity index (χ2n) is 7.59. The third-order valence-electron chi connectivity index (χ3n) is 4.93. The molecule has 0 aliphatic carbocycles. The number of hydrogen-bond donors (Lipinski definition) is 3. The lowest BCUT2D eigenvalue weighted by molar-refractivity contribution is -0.115. The predicted octanol–water partition coefficient (Wildman–Crippen LogP) is 4.77. The molecule has 0 saturated heterocycles. The predicted molar refractivity (Wildman–Crippen MR) is 139 cm³/mol. The third-order valence-corrected chi connectivity index (χ3v) is 7.22. The lowest BCUT2D eigenvalue weighted by atomic mass is 10.1. The summed E-state index contributed by atoms with van der Waals surface area (Å²) >= 11 is 0. The normalized spacial score (nSPS) is 11.4. The number of fused-ring (bicyclic) bond motifs is 2. The quantitative estimate of drug-likeness (QED) is 0.246. The van der Waals surface area contributed by atoms with E-state index < -0.39 is 19.2 Å². The molecule has 4 aromatic carbocycles. The summed E-state index contributed by atoms with van der Waals surface area (Å²) in [6.07, 6.45) is 0. The van der Waals surface area contributed by atoms with Crippen molar-refractivity contribution in [3.05, 3.63) is 72.8 Å². The molecule has 188 valence electrons. The van der Waals surface area contributed by atoms with Crippen molar-refractivity contribution in [1.82, 2.24) is 0 Å². The highest BCUT2D eigenvalue weighted by Crippen LogP contribution is 2.31. The van der Waals surface area contributed by atoms with E-state index in [0.29, 0.717) is 32.9 Å². The van der Waals surface area contributed by atoms with E-state index in [1.807, 2.05) is 0 Å². The molecule has 4 aromatic rings. The largest absolute Gasteiger partial charge is 0.326 e. The van der Waals surface area contributed by atoms with Crippen LogP contribution in [0.25, 0.3) is 21.5 Å². The van der Waals surface area contributed by atoms with Crippen LogP contribution in [0.4, 0.5) is 11.4 Å². The first-order valence-electron chi connectivity index (χ1n) is 10.3. The second-order valence-corrected chi connectivity index (χ2v) is 11.5. The summed E-state index contributed by atoms with van der Waals surface area (Å²) in [7, 11) is -2.72. The standard InChI is InChI=1S/C12H10ClNO3S.C12H11NO4S/c1-8(15)14-11-6-7-12(18(13,16)17)10-5-3-2-4-9(10)11;1-8(14)13-11-6-7-12(18(15,16)17)10-5-3-2-4-9(10)11/h2-7H,1H3,(H,14,15);2-7H,1H3,(H,13,14)(H,15,16,17). The maximum absolute atomic E-state index is 11.5. The number of carbonyl (C=O) groups excluding carboxylic acids is 2. The molecule has 0 aromatic heterocycles. The highest BCUT2D eigenvalue weighted by atomic mass is 35.7. The number of halogens is 1. The van der Waals surface area contributed by atoms with Crippen molar-refractivity contribution in [2.45, 2.75) is 23.6 Å². The van der Waals surface area contributed by atoms with E-state index >= 15 is 0 Å². The molecule has 12 heteroatoms. The van der Waals surface area contributed by atoms with Gasteiger partial charge in [0, 0.05) is 57.4 Å². The van der Waals surface area contributed by atoms with Crippen LogP contribution in [0, 0.1) is 0 Å². The van der Waals surface area contributed by atoms with Gasteiger partial charge in [-0.05, 0) is 24.3 Å². The van der Waals surface area contributed by atoms with Crippen molar-refractivity contribution in [1.29, 1.82) is 0 Å². The van der Waals surface area contributed by atoms with Crippen molar-refractivity contribution in [2.75, 3.05) is 10.6 Å². The summed E-state index contributed by atoms with van der Waals surface area (Å²) in [4.78, 5) is 22.0. The average molecular weight is 549 g/mol. The first kappa shape index (κ1) is 27.1. The summed E-state index contributed by atoms with van der Waals surface area (Å²) in [6, 6.07) is 19.1. The van der Waals surface area contributed by atoms with Gasteiger partial charge in [-0.25, -0.2) is 8.42 Å². The number of amides is 2. The van der Waals surface area contributed by atoms with Crippen molar-refractivity contribution in [3.8, 4) is 0 Å². The monoisotopic (exact) mass is 548 g/mol. The minimum absolute atomic E-state index is 0.0360. The Morgan fingerprint density at radius 1 is 0.639 bits per heavy atom. The fraction of sp³-hybridized carbons (Fsp3) is 0.0833. The lowest BCUT2D eigenvalue weighted by Crippen LogP contribution is -2.07. The van der Waals surface area contributed by atoms with E-state index in [4.69, 9.17) is 15.2 Å². The van der Waals surface area contributed by atoms with Crippen LogP contribution in [0.15, 0.2) is 82.6 Å². The van der Waals surface area contributed by atoms with Gasteiger partial charge < -0.3 is 10.6 Å². The zero-order valence-electron chi connectivity index (χ0n) is 19.0. The van der Waals surface area contributed by atoms with Gasteiger partial charge in [0.1, 0.15) is 4.90 Å². The van der Waals surface area contributed by atoms with Crippen LogP contribution in [-0.4, -0.2) is 33.2 Å². The molecule has 3 N–H and O–H groups in total. The minimum Gasteiger partial charge on any atom is -0.326 e. The smallest absolute Gasteiger partial charge is 0.295 e. The number of hydrogen-bond acceptors (Lipinski definition) is 6. The van der Waals surface area contributed by atoms with E-state index in [0.717, 1.165) is 0 Å². The van der Waals surface area contributed by atoms with E-state index in [9.17, 15) is 26.4 Å². The zero-order valence-corrected chi connectivity index (χ0v) is 21.4. The molecule has 0 atom stereocenters. The number of nitrogens with one attached hydrogen (secondary N) is 2. The number of carbonyl (C=O) groups is 2. The van der Waals surface area contributed by atoms with E-state index in [1.165, 1.54) is 38.1 Å². The SMILES string of the molecule is CC(=O)Nc1ccc(S(=O)(=O)Cl)c2ccccc12.CC(=O)Nc1ccc(S(=O)(=O)O)c2ccccc12. The van der Waals surface area contributed by atoms with Crippen molar-refractivity contribution in [3.63, 3.8) is 0 Å². The fourth-order valence-electron chi connectivity index (χ4n) is 3.58. The zero-order chi connectivity index (χ0) is 26.7. The third kappa shape index (κ3) is 6.38. The van der Waals surface area contributed by atoms with E-state index in [-0.39, 0.29) is 21.6 Å². The summed E-state index contributed by atoms with van der Waals surface area (Å²) < 4.78 is 54.6. The van der Waals surface area contributed by atoms with Crippen molar-refractivity contribution < 1.29 is 31.0 Å². The summed E-state index contributed by atoms with van der Waals surface area (Å²) in [5.41, 5.74) is 1.06. The average Bonchev–Trinajstić information content (AvgIpc) is 2.77. The van der Waals surface area contributed by atoms with Crippen LogP contribution in [0.1, 0.15) is 13.8 Å². The maximum Gasteiger partial charge on any atom is 0.295 e. The molecule has 9 nitrogen and oxygen atoms in total. The van der Waals surface area contributed by atoms with Gasteiger partial charge in [-0.2, -0.15) is 8.42 Å². The molecule has 0 bridgehead atoms. The molecular weight excluding hydrogens is 528 g/mol. The Morgan fingerprint density at radius 2 is 1.00 bits per heavy atom. The summed E-state index contributed by atoms with van der Waals surface area (Å²) in [5, 5.41) is 7.30. The molecule has 36 heavy (non-hydrogen) atoms. The molecule has 4 rings (SSSR count). The van der Waals surface area contributed by atoms with Gasteiger partial charge in [0.2, 0.25) is 11.8 Å². The highest BCUT2D eigenvalue weighted by Gasteiger charge is 2.17. The topological polar surface area (TPSA) is 147 Å². The first-order chi connectivity index (χ1) is 16.8. The molecule has 2 amide bonds. The Balaban J connectivity index is 0.000000201. The van der Waals surface area contributed by atoms with E-state index in [2.05, 4.69) is 10.6 Å². The number of benzene rings is 4. The van der Waals surface area contributed by atoms with Crippen LogP contribution < -0.4 is 10.6 Å². The van der Waals surface area contributed by atoms with Gasteiger partial charge in [-0.15, -0.1) is 0 Å². The highest BCUT2D eigenvalue weighted by molar-refractivity contribution is 8.14. The van der Waals surface area contributed by atoms with Gasteiger partial charge in [0.25, 0.3) is 19.2 Å². The van der Waals surface area contributed by atoms with Crippen molar-refractivity contribution >= 4 is 74.6 Å². The van der Waals surface area contributed by atoms with Gasteiger partial charge in [0.15, 0.2) is 0 Å². The van der Waals surface area contributed by atoms with Crippen LogP contribution in [0.3, 0.4) is 0 Å². The van der Waals surface area contributed by atoms with Crippen LogP contribution >= 0.6 is 10.7 Å². The first-order valence-corrected chi connectivity index (χ1v) is 14.0. The molecule has 0 heterocycles. The van der Waals surface area contributed by atoms with Gasteiger partial charge >= 0.3 is 0 Å². The Labute approximate surface area is 212 Å².